The van der Waals surface area contributed by atoms with Crippen LogP contribution >= 0.6 is 11.6 Å². The highest BCUT2D eigenvalue weighted by atomic mass is 35.5. The van der Waals surface area contributed by atoms with Crippen LogP contribution in [0.2, 0.25) is 0 Å². The summed E-state index contributed by atoms with van der Waals surface area (Å²) in [5.74, 6) is -0.0719. The Morgan fingerprint density at radius 1 is 1.17 bits per heavy atom. The van der Waals surface area contributed by atoms with Crippen molar-refractivity contribution in [3.63, 3.8) is 0 Å². The fourth-order valence-electron chi connectivity index (χ4n) is 2.40. The van der Waals surface area contributed by atoms with E-state index >= 15 is 0 Å². The Morgan fingerprint density at radius 3 is 2.56 bits per heavy atom. The summed E-state index contributed by atoms with van der Waals surface area (Å²) in [6, 6.07) is 14.6. The van der Waals surface area contributed by atoms with E-state index in [1.807, 2.05) is 12.1 Å². The van der Waals surface area contributed by atoms with Gasteiger partial charge >= 0.3 is 0 Å². The second kappa shape index (κ2) is 4.29. The fourth-order valence-corrected chi connectivity index (χ4v) is 2.46. The monoisotopic (exact) mass is 259 g/mol. The van der Waals surface area contributed by atoms with E-state index in [0.717, 1.165) is 12.8 Å². The van der Waals surface area contributed by atoms with Gasteiger partial charge in [-0.3, -0.25) is 4.79 Å². The highest BCUT2D eigenvalue weighted by Crippen LogP contribution is 2.46. The van der Waals surface area contributed by atoms with Gasteiger partial charge in [0, 0.05) is 0 Å². The average molecular weight is 260 g/mol. The molecular formula is C15H14ClNO. The van der Waals surface area contributed by atoms with E-state index < -0.39 is 0 Å². The molecule has 3 rings (SSSR count). The average Bonchev–Trinajstić information content (AvgIpc) is 3.19. The maximum Gasteiger partial charge on any atom is 0.235 e. The molecule has 1 fully saturated rings. The number of hydrogen-bond donors (Lipinski definition) is 1. The summed E-state index contributed by atoms with van der Waals surface area (Å²) in [5.41, 5.74) is 1.01. The van der Waals surface area contributed by atoms with Crippen molar-refractivity contribution in [1.82, 2.24) is 5.32 Å². The quantitative estimate of drug-likeness (QED) is 0.843. The van der Waals surface area contributed by atoms with Crippen LogP contribution in [0.1, 0.15) is 18.4 Å². The van der Waals surface area contributed by atoms with E-state index in [4.69, 9.17) is 11.6 Å². The largest absolute Gasteiger partial charge is 0.346 e. The zero-order valence-corrected chi connectivity index (χ0v) is 10.7. The van der Waals surface area contributed by atoms with Crippen molar-refractivity contribution in [3.8, 4) is 0 Å². The Hall–Kier alpha value is -1.54. The highest BCUT2D eigenvalue weighted by molar-refractivity contribution is 6.27. The van der Waals surface area contributed by atoms with Crippen LogP contribution in [-0.4, -0.2) is 11.8 Å². The molecule has 0 heterocycles. The lowest BCUT2D eigenvalue weighted by Gasteiger charge is -2.17. The first-order valence-corrected chi connectivity index (χ1v) is 6.63. The summed E-state index contributed by atoms with van der Waals surface area (Å²) in [6.07, 6.45) is 1.99. The molecule has 1 aliphatic rings. The molecule has 0 aromatic heterocycles. The van der Waals surface area contributed by atoms with Crippen LogP contribution in [0.25, 0.3) is 10.8 Å². The molecule has 18 heavy (non-hydrogen) atoms. The number of carbonyl (C=O) groups is 1. The van der Waals surface area contributed by atoms with Crippen molar-refractivity contribution in [2.24, 2.45) is 0 Å². The number of amides is 1. The van der Waals surface area contributed by atoms with Crippen LogP contribution in [0.5, 0.6) is 0 Å². The first-order valence-electron chi connectivity index (χ1n) is 6.10. The minimum Gasteiger partial charge on any atom is -0.346 e. The zero-order chi connectivity index (χ0) is 12.6. The Morgan fingerprint density at radius 2 is 1.89 bits per heavy atom. The van der Waals surface area contributed by atoms with Gasteiger partial charge in [0.25, 0.3) is 0 Å². The molecule has 1 N–H and O–H groups in total. The normalized spacial score (nSPS) is 16.5. The van der Waals surface area contributed by atoms with Crippen molar-refractivity contribution in [3.05, 3.63) is 48.0 Å². The molecule has 1 amide bonds. The van der Waals surface area contributed by atoms with Gasteiger partial charge in [-0.05, 0) is 35.2 Å². The van der Waals surface area contributed by atoms with Gasteiger partial charge in [0.05, 0.1) is 5.54 Å². The lowest BCUT2D eigenvalue weighted by molar-refractivity contribution is -0.119. The van der Waals surface area contributed by atoms with Crippen LogP contribution in [0.15, 0.2) is 42.5 Å². The van der Waals surface area contributed by atoms with Crippen LogP contribution in [0, 0.1) is 0 Å². The standard InChI is InChI=1S/C15H14ClNO/c16-10-14(18)17-15(7-8-15)13-6-5-11-3-1-2-4-12(11)9-13/h1-6,9H,7-8,10H2,(H,17,18). The van der Waals surface area contributed by atoms with Crippen molar-refractivity contribution in [2.45, 2.75) is 18.4 Å². The van der Waals surface area contributed by atoms with Gasteiger partial charge in [0.2, 0.25) is 5.91 Å². The van der Waals surface area contributed by atoms with Gasteiger partial charge in [-0.25, -0.2) is 0 Å². The summed E-state index contributed by atoms with van der Waals surface area (Å²) in [7, 11) is 0. The molecule has 1 saturated carbocycles. The van der Waals surface area contributed by atoms with Crippen LogP contribution in [-0.2, 0) is 10.3 Å². The first-order chi connectivity index (χ1) is 8.73. The molecule has 0 unspecified atom stereocenters. The minimum absolute atomic E-state index is 0.0231. The Kier molecular flexibility index (Phi) is 2.75. The molecule has 0 aliphatic heterocycles. The predicted octanol–water partition coefficient (Wildman–Crippen LogP) is 3.18. The van der Waals surface area contributed by atoms with Crippen LogP contribution in [0.4, 0.5) is 0 Å². The third-order valence-electron chi connectivity index (χ3n) is 3.55. The number of benzene rings is 2. The van der Waals surface area contributed by atoms with Gasteiger partial charge < -0.3 is 5.32 Å². The van der Waals surface area contributed by atoms with Crippen LogP contribution in [0.3, 0.4) is 0 Å². The Bertz CT molecular complexity index is 604. The molecular weight excluding hydrogens is 246 g/mol. The molecule has 0 spiro atoms. The van der Waals surface area contributed by atoms with Gasteiger partial charge in [0.15, 0.2) is 0 Å². The Labute approximate surface area is 111 Å². The number of rotatable bonds is 3. The van der Waals surface area contributed by atoms with Crippen LogP contribution < -0.4 is 5.32 Å². The van der Waals surface area contributed by atoms with Gasteiger partial charge in [-0.2, -0.15) is 0 Å². The molecule has 0 saturated heterocycles. The number of hydrogen-bond acceptors (Lipinski definition) is 1. The molecule has 2 aromatic rings. The number of halogens is 1. The fraction of sp³-hybridized carbons (Fsp3) is 0.267. The minimum atomic E-state index is -0.171. The highest BCUT2D eigenvalue weighted by Gasteiger charge is 2.45. The number of carbonyl (C=O) groups excluding carboxylic acids is 1. The SMILES string of the molecule is O=C(CCl)NC1(c2ccc3ccccc3c2)CC1. The van der Waals surface area contributed by atoms with E-state index in [2.05, 4.69) is 35.6 Å². The summed E-state index contributed by atoms with van der Waals surface area (Å²) >= 11 is 5.56. The maximum absolute atomic E-state index is 11.5. The van der Waals surface area contributed by atoms with E-state index in [0.29, 0.717) is 0 Å². The van der Waals surface area contributed by atoms with E-state index in [1.165, 1.54) is 16.3 Å². The summed E-state index contributed by atoms with van der Waals surface area (Å²) in [5, 5.41) is 5.46. The summed E-state index contributed by atoms with van der Waals surface area (Å²) < 4.78 is 0. The molecule has 1 aliphatic carbocycles. The molecule has 2 aromatic carbocycles. The predicted molar refractivity (Wildman–Crippen MR) is 73.7 cm³/mol. The molecule has 0 radical (unpaired) electrons. The summed E-state index contributed by atoms with van der Waals surface area (Å²) in [6.45, 7) is 0. The first kappa shape index (κ1) is 11.5. The van der Waals surface area contributed by atoms with E-state index in [1.54, 1.807) is 0 Å². The molecule has 3 heteroatoms. The van der Waals surface area contributed by atoms with Crippen molar-refractivity contribution in [2.75, 3.05) is 5.88 Å². The maximum atomic E-state index is 11.5. The van der Waals surface area contributed by atoms with Crippen molar-refractivity contribution >= 4 is 28.3 Å². The van der Waals surface area contributed by atoms with E-state index in [9.17, 15) is 4.79 Å². The lowest BCUT2D eigenvalue weighted by atomic mass is 10.0. The zero-order valence-electron chi connectivity index (χ0n) is 9.95. The van der Waals surface area contributed by atoms with Crippen molar-refractivity contribution in [1.29, 1.82) is 0 Å². The number of fused-ring (bicyclic) bond motifs is 1. The van der Waals surface area contributed by atoms with Gasteiger partial charge in [-0.1, -0.05) is 36.4 Å². The van der Waals surface area contributed by atoms with Crippen molar-refractivity contribution < 1.29 is 4.79 Å². The smallest absolute Gasteiger partial charge is 0.235 e. The molecule has 0 bridgehead atoms. The second-order valence-corrected chi connectivity index (χ2v) is 5.09. The third-order valence-corrected chi connectivity index (χ3v) is 3.79. The van der Waals surface area contributed by atoms with E-state index in [-0.39, 0.29) is 17.3 Å². The van der Waals surface area contributed by atoms with Gasteiger partial charge in [0.1, 0.15) is 5.88 Å². The number of alkyl halides is 1. The van der Waals surface area contributed by atoms with Gasteiger partial charge in [-0.15, -0.1) is 11.6 Å². The molecule has 2 nitrogen and oxygen atoms in total. The third kappa shape index (κ3) is 1.97. The molecule has 92 valence electrons. The lowest BCUT2D eigenvalue weighted by Crippen LogP contribution is -2.35. The Balaban J connectivity index is 1.97. The second-order valence-electron chi connectivity index (χ2n) is 4.83. The molecule has 0 atom stereocenters. The topological polar surface area (TPSA) is 29.1 Å². The number of nitrogens with one attached hydrogen (secondary N) is 1. The summed E-state index contributed by atoms with van der Waals surface area (Å²) in [4.78, 5) is 11.5.